The van der Waals surface area contributed by atoms with Crippen molar-refractivity contribution in [3.05, 3.63) is 45.1 Å². The number of hydrazine groups is 1. The van der Waals surface area contributed by atoms with Crippen LogP contribution in [0.15, 0.2) is 29.6 Å². The fourth-order valence-electron chi connectivity index (χ4n) is 1.70. The van der Waals surface area contributed by atoms with E-state index in [1.165, 1.54) is 37.7 Å². The SMILES string of the molecule is COc1cc(C(=O)NNC(=O)c2cccs2)cc(Cl)c1OC. The second-order valence-electron chi connectivity index (χ2n) is 4.08. The third-order valence-electron chi connectivity index (χ3n) is 2.73. The first kappa shape index (κ1) is 16.1. The predicted molar refractivity (Wildman–Crippen MR) is 83.8 cm³/mol. The molecule has 22 heavy (non-hydrogen) atoms. The second-order valence-corrected chi connectivity index (χ2v) is 5.43. The number of rotatable bonds is 4. The average molecular weight is 341 g/mol. The molecular weight excluding hydrogens is 328 g/mol. The molecule has 0 aliphatic carbocycles. The number of hydrogen-bond acceptors (Lipinski definition) is 5. The number of thiophene rings is 1. The monoisotopic (exact) mass is 340 g/mol. The van der Waals surface area contributed by atoms with Gasteiger partial charge in [-0.25, -0.2) is 0 Å². The van der Waals surface area contributed by atoms with E-state index in [1.54, 1.807) is 17.5 Å². The normalized spacial score (nSPS) is 9.95. The van der Waals surface area contributed by atoms with Gasteiger partial charge in [0.15, 0.2) is 11.5 Å². The minimum Gasteiger partial charge on any atom is -0.493 e. The lowest BCUT2D eigenvalue weighted by Gasteiger charge is -2.12. The maximum absolute atomic E-state index is 12.1. The zero-order valence-electron chi connectivity index (χ0n) is 11.8. The van der Waals surface area contributed by atoms with Crippen LogP contribution in [0.4, 0.5) is 0 Å². The molecule has 6 nitrogen and oxygen atoms in total. The third kappa shape index (κ3) is 3.49. The molecule has 0 spiro atoms. The van der Waals surface area contributed by atoms with E-state index in [-0.39, 0.29) is 10.6 Å². The van der Waals surface area contributed by atoms with Gasteiger partial charge in [-0.1, -0.05) is 17.7 Å². The molecule has 1 aromatic carbocycles. The molecule has 0 atom stereocenters. The molecule has 2 amide bonds. The van der Waals surface area contributed by atoms with Gasteiger partial charge in [-0.05, 0) is 23.6 Å². The first-order valence-corrected chi connectivity index (χ1v) is 7.38. The molecule has 8 heteroatoms. The third-order valence-corrected chi connectivity index (χ3v) is 3.88. The number of carbonyl (C=O) groups is 2. The molecule has 0 fully saturated rings. The van der Waals surface area contributed by atoms with Crippen molar-refractivity contribution in [3.8, 4) is 11.5 Å². The van der Waals surface area contributed by atoms with Gasteiger partial charge in [-0.2, -0.15) is 0 Å². The van der Waals surface area contributed by atoms with Crippen molar-refractivity contribution in [1.29, 1.82) is 0 Å². The van der Waals surface area contributed by atoms with Crippen LogP contribution >= 0.6 is 22.9 Å². The summed E-state index contributed by atoms with van der Waals surface area (Å²) in [7, 11) is 2.89. The first-order chi connectivity index (χ1) is 10.6. The minimum absolute atomic E-state index is 0.231. The summed E-state index contributed by atoms with van der Waals surface area (Å²) in [5.41, 5.74) is 4.87. The summed E-state index contributed by atoms with van der Waals surface area (Å²) in [6.45, 7) is 0. The highest BCUT2D eigenvalue weighted by Crippen LogP contribution is 2.35. The van der Waals surface area contributed by atoms with Crippen molar-refractivity contribution in [2.24, 2.45) is 0 Å². The van der Waals surface area contributed by atoms with Crippen LogP contribution in [-0.4, -0.2) is 26.0 Å². The molecular formula is C14H13ClN2O4S. The van der Waals surface area contributed by atoms with Gasteiger partial charge >= 0.3 is 0 Å². The van der Waals surface area contributed by atoms with Gasteiger partial charge in [0.25, 0.3) is 11.8 Å². The fraction of sp³-hybridized carbons (Fsp3) is 0.143. The lowest BCUT2D eigenvalue weighted by atomic mass is 10.2. The van der Waals surface area contributed by atoms with Gasteiger partial charge in [-0.3, -0.25) is 20.4 Å². The number of halogens is 1. The Hall–Kier alpha value is -2.25. The van der Waals surface area contributed by atoms with Crippen LogP contribution in [0.3, 0.4) is 0 Å². The molecule has 0 saturated carbocycles. The van der Waals surface area contributed by atoms with Crippen molar-refractivity contribution in [2.45, 2.75) is 0 Å². The van der Waals surface area contributed by atoms with E-state index < -0.39 is 11.8 Å². The number of carbonyl (C=O) groups excluding carboxylic acids is 2. The Morgan fingerprint density at radius 3 is 2.45 bits per heavy atom. The van der Waals surface area contributed by atoms with Crippen molar-refractivity contribution in [3.63, 3.8) is 0 Å². The van der Waals surface area contributed by atoms with Crippen LogP contribution in [0, 0.1) is 0 Å². The standard InChI is InChI=1S/C14H13ClN2O4S/c1-20-10-7-8(6-9(15)12(10)21-2)13(18)16-17-14(19)11-4-3-5-22-11/h3-7H,1-2H3,(H,16,18)(H,17,19). The van der Waals surface area contributed by atoms with Crippen molar-refractivity contribution in [1.82, 2.24) is 10.9 Å². The molecule has 2 aromatic rings. The maximum Gasteiger partial charge on any atom is 0.279 e. The molecule has 0 radical (unpaired) electrons. The Bertz CT molecular complexity index is 688. The summed E-state index contributed by atoms with van der Waals surface area (Å²) >= 11 is 7.30. The lowest BCUT2D eigenvalue weighted by molar-refractivity contribution is 0.0848. The van der Waals surface area contributed by atoms with Crippen molar-refractivity contribution >= 4 is 34.8 Å². The van der Waals surface area contributed by atoms with Crippen molar-refractivity contribution < 1.29 is 19.1 Å². The summed E-state index contributed by atoms with van der Waals surface area (Å²) < 4.78 is 10.2. The van der Waals surface area contributed by atoms with E-state index in [0.29, 0.717) is 16.4 Å². The summed E-state index contributed by atoms with van der Waals surface area (Å²) in [5, 5.41) is 2.00. The summed E-state index contributed by atoms with van der Waals surface area (Å²) in [6.07, 6.45) is 0. The van der Waals surface area contributed by atoms with Gasteiger partial charge in [0.2, 0.25) is 0 Å². The molecule has 0 aliphatic heterocycles. The Balaban J connectivity index is 2.10. The summed E-state index contributed by atoms with van der Waals surface area (Å²) in [5.74, 6) is -0.254. The van der Waals surface area contributed by atoms with Crippen LogP contribution in [0.5, 0.6) is 11.5 Å². The van der Waals surface area contributed by atoms with Crippen LogP contribution in [-0.2, 0) is 0 Å². The topological polar surface area (TPSA) is 76.7 Å². The largest absolute Gasteiger partial charge is 0.493 e. The Morgan fingerprint density at radius 2 is 1.86 bits per heavy atom. The summed E-state index contributed by atoms with van der Waals surface area (Å²) in [4.78, 5) is 24.3. The molecule has 2 N–H and O–H groups in total. The molecule has 0 aliphatic rings. The highest BCUT2D eigenvalue weighted by Gasteiger charge is 2.16. The highest BCUT2D eigenvalue weighted by atomic mass is 35.5. The quantitative estimate of drug-likeness (QED) is 0.838. The van der Waals surface area contributed by atoms with E-state index in [2.05, 4.69) is 10.9 Å². The maximum atomic E-state index is 12.1. The number of hydrogen-bond donors (Lipinski definition) is 2. The molecule has 1 aromatic heterocycles. The van der Waals surface area contributed by atoms with E-state index in [9.17, 15) is 9.59 Å². The van der Waals surface area contributed by atoms with E-state index >= 15 is 0 Å². The minimum atomic E-state index is -0.521. The van der Waals surface area contributed by atoms with Crippen LogP contribution in [0.25, 0.3) is 0 Å². The highest BCUT2D eigenvalue weighted by molar-refractivity contribution is 7.12. The number of ether oxygens (including phenoxy) is 2. The molecule has 0 bridgehead atoms. The Kier molecular flexibility index (Phi) is 5.24. The molecule has 1 heterocycles. The Labute approximate surface area is 136 Å². The average Bonchev–Trinajstić information content (AvgIpc) is 3.05. The number of methoxy groups -OCH3 is 2. The second kappa shape index (κ2) is 7.15. The number of amides is 2. The van der Waals surface area contributed by atoms with Crippen molar-refractivity contribution in [2.75, 3.05) is 14.2 Å². The molecule has 0 unspecified atom stereocenters. The van der Waals surface area contributed by atoms with Crippen LogP contribution < -0.4 is 20.3 Å². The van der Waals surface area contributed by atoms with Gasteiger partial charge < -0.3 is 9.47 Å². The zero-order valence-corrected chi connectivity index (χ0v) is 13.4. The van der Waals surface area contributed by atoms with Crippen LogP contribution in [0.1, 0.15) is 20.0 Å². The lowest BCUT2D eigenvalue weighted by Crippen LogP contribution is -2.41. The fourth-order valence-corrected chi connectivity index (χ4v) is 2.61. The van der Waals surface area contributed by atoms with E-state index in [4.69, 9.17) is 21.1 Å². The molecule has 2 rings (SSSR count). The van der Waals surface area contributed by atoms with E-state index in [0.717, 1.165) is 0 Å². The Morgan fingerprint density at radius 1 is 1.14 bits per heavy atom. The smallest absolute Gasteiger partial charge is 0.279 e. The summed E-state index contributed by atoms with van der Waals surface area (Å²) in [6, 6.07) is 6.29. The van der Waals surface area contributed by atoms with Gasteiger partial charge in [-0.15, -0.1) is 11.3 Å². The van der Waals surface area contributed by atoms with Crippen LogP contribution in [0.2, 0.25) is 5.02 Å². The predicted octanol–water partition coefficient (Wildman–Crippen LogP) is 2.49. The van der Waals surface area contributed by atoms with Gasteiger partial charge in [0.05, 0.1) is 24.1 Å². The number of benzene rings is 1. The van der Waals surface area contributed by atoms with Gasteiger partial charge in [0.1, 0.15) is 0 Å². The zero-order chi connectivity index (χ0) is 16.1. The first-order valence-electron chi connectivity index (χ1n) is 6.12. The van der Waals surface area contributed by atoms with E-state index in [1.807, 2.05) is 0 Å². The number of nitrogens with one attached hydrogen (secondary N) is 2. The van der Waals surface area contributed by atoms with Gasteiger partial charge in [0, 0.05) is 5.56 Å². The molecule has 0 saturated heterocycles. The molecule has 116 valence electrons.